The summed E-state index contributed by atoms with van der Waals surface area (Å²) >= 11 is 3.00. The second kappa shape index (κ2) is 4.20. The first kappa shape index (κ1) is 10.7. The summed E-state index contributed by atoms with van der Waals surface area (Å²) in [4.78, 5) is 10.3. The van der Waals surface area contributed by atoms with Crippen LogP contribution >= 0.6 is 15.9 Å². The van der Waals surface area contributed by atoms with Gasteiger partial charge in [-0.15, -0.1) is 0 Å². The third kappa shape index (κ3) is 2.09. The van der Waals surface area contributed by atoms with Crippen molar-refractivity contribution < 1.29 is 14.3 Å². The zero-order chi connectivity index (χ0) is 10.7. The molecule has 0 aliphatic carbocycles. The molecule has 0 atom stereocenters. The fraction of sp³-hybridized carbons (Fsp3) is 0.111. The molecule has 0 saturated carbocycles. The van der Waals surface area contributed by atoms with E-state index < -0.39 is 18.2 Å². The first-order chi connectivity index (χ1) is 6.56. The number of rotatable bonds is 2. The normalized spacial score (nSPS) is 9.50. The Bertz CT molecular complexity index is 426. The van der Waals surface area contributed by atoms with Crippen LogP contribution in [0.3, 0.4) is 0 Å². The number of carboxylic acid groups (broad SMARTS) is 1. The second-order valence-corrected chi connectivity index (χ2v) is 3.43. The largest absolute Gasteiger partial charge is 0.481 e. The van der Waals surface area contributed by atoms with Gasteiger partial charge in [0.05, 0.1) is 6.42 Å². The summed E-state index contributed by atoms with van der Waals surface area (Å²) in [6.07, 6.45) is -0.423. The van der Waals surface area contributed by atoms with Gasteiger partial charge in [0.1, 0.15) is 17.4 Å². The van der Waals surface area contributed by atoms with E-state index in [0.29, 0.717) is 4.47 Å². The summed E-state index contributed by atoms with van der Waals surface area (Å²) in [5, 5.41) is 17.1. The number of hydrogen-bond donors (Lipinski definition) is 1. The summed E-state index contributed by atoms with van der Waals surface area (Å²) in [5.74, 6) is -1.90. The van der Waals surface area contributed by atoms with Gasteiger partial charge in [0, 0.05) is 10.0 Å². The number of halogens is 2. The first-order valence-corrected chi connectivity index (χ1v) is 4.44. The standard InChI is InChI=1S/C9H5BrFNO2/c10-7-2-1-5(3-8(13)14)9(11)6(7)4-12/h1-2H,3H2,(H,13,14). The van der Waals surface area contributed by atoms with Crippen LogP contribution < -0.4 is 0 Å². The van der Waals surface area contributed by atoms with Gasteiger partial charge in [-0.05, 0) is 22.0 Å². The minimum atomic E-state index is -1.13. The Balaban J connectivity index is 3.23. The minimum Gasteiger partial charge on any atom is -0.481 e. The Morgan fingerprint density at radius 1 is 1.64 bits per heavy atom. The van der Waals surface area contributed by atoms with Crippen molar-refractivity contribution in [2.75, 3.05) is 0 Å². The van der Waals surface area contributed by atoms with E-state index in [9.17, 15) is 9.18 Å². The van der Waals surface area contributed by atoms with Crippen molar-refractivity contribution in [3.63, 3.8) is 0 Å². The maximum absolute atomic E-state index is 13.4. The minimum absolute atomic E-state index is 0.0113. The van der Waals surface area contributed by atoms with Crippen LogP contribution in [0.5, 0.6) is 0 Å². The van der Waals surface area contributed by atoms with Gasteiger partial charge in [0.25, 0.3) is 0 Å². The topological polar surface area (TPSA) is 61.1 Å². The third-order valence-electron chi connectivity index (χ3n) is 1.62. The van der Waals surface area contributed by atoms with Gasteiger partial charge in [0.2, 0.25) is 0 Å². The molecule has 0 aliphatic rings. The molecule has 0 spiro atoms. The van der Waals surface area contributed by atoms with E-state index in [1.165, 1.54) is 12.1 Å². The summed E-state index contributed by atoms with van der Waals surface area (Å²) in [6, 6.07) is 4.46. The molecule has 0 fully saturated rings. The summed E-state index contributed by atoms with van der Waals surface area (Å²) in [6.45, 7) is 0. The molecule has 0 unspecified atom stereocenters. The molecule has 0 aromatic heterocycles. The SMILES string of the molecule is N#Cc1c(Br)ccc(CC(=O)O)c1F. The second-order valence-electron chi connectivity index (χ2n) is 2.58. The van der Waals surface area contributed by atoms with Crippen molar-refractivity contribution in [2.24, 2.45) is 0 Å². The molecule has 3 nitrogen and oxygen atoms in total. The fourth-order valence-electron chi connectivity index (χ4n) is 0.998. The Kier molecular flexibility index (Phi) is 3.20. The predicted octanol–water partition coefficient (Wildman–Crippen LogP) is 2.09. The monoisotopic (exact) mass is 257 g/mol. The van der Waals surface area contributed by atoms with E-state index in [1.807, 2.05) is 0 Å². The Morgan fingerprint density at radius 3 is 2.79 bits per heavy atom. The van der Waals surface area contributed by atoms with E-state index in [0.717, 1.165) is 0 Å². The Hall–Kier alpha value is -1.41. The number of aliphatic carboxylic acids is 1. The number of carboxylic acids is 1. The molecule has 0 heterocycles. The Morgan fingerprint density at radius 2 is 2.29 bits per heavy atom. The van der Waals surface area contributed by atoms with Gasteiger partial charge in [-0.1, -0.05) is 6.07 Å². The highest BCUT2D eigenvalue weighted by Gasteiger charge is 2.13. The lowest BCUT2D eigenvalue weighted by atomic mass is 10.1. The van der Waals surface area contributed by atoms with Gasteiger partial charge < -0.3 is 5.11 Å². The molecule has 14 heavy (non-hydrogen) atoms. The van der Waals surface area contributed by atoms with Crippen LogP contribution in [-0.2, 0) is 11.2 Å². The summed E-state index contributed by atoms with van der Waals surface area (Å²) < 4.78 is 13.7. The zero-order valence-corrected chi connectivity index (χ0v) is 8.51. The zero-order valence-electron chi connectivity index (χ0n) is 6.92. The highest BCUT2D eigenvalue weighted by molar-refractivity contribution is 9.10. The van der Waals surface area contributed by atoms with Crippen LogP contribution in [0, 0.1) is 17.1 Å². The molecule has 0 radical (unpaired) electrons. The molecule has 5 heteroatoms. The molecule has 0 aliphatic heterocycles. The number of carbonyl (C=O) groups is 1. The average molecular weight is 258 g/mol. The molecule has 1 aromatic carbocycles. The van der Waals surface area contributed by atoms with E-state index in [1.54, 1.807) is 6.07 Å². The predicted molar refractivity (Wildman–Crippen MR) is 50.2 cm³/mol. The van der Waals surface area contributed by atoms with Crippen molar-refractivity contribution in [1.29, 1.82) is 5.26 Å². The number of nitriles is 1. The molecular formula is C9H5BrFNO2. The quantitative estimate of drug-likeness (QED) is 0.883. The van der Waals surface area contributed by atoms with Crippen LogP contribution in [0.15, 0.2) is 16.6 Å². The number of nitrogens with zero attached hydrogens (tertiary/aromatic N) is 1. The molecule has 1 aromatic rings. The molecular weight excluding hydrogens is 253 g/mol. The first-order valence-electron chi connectivity index (χ1n) is 3.65. The van der Waals surface area contributed by atoms with Crippen molar-refractivity contribution >= 4 is 21.9 Å². The fourth-order valence-corrected chi connectivity index (χ4v) is 1.39. The van der Waals surface area contributed by atoms with Gasteiger partial charge >= 0.3 is 5.97 Å². The average Bonchev–Trinajstić information content (AvgIpc) is 2.10. The van der Waals surface area contributed by atoms with Crippen LogP contribution in [0.4, 0.5) is 4.39 Å². The molecule has 1 N–H and O–H groups in total. The van der Waals surface area contributed by atoms with Crippen LogP contribution in [0.1, 0.15) is 11.1 Å². The molecule has 72 valence electrons. The maximum Gasteiger partial charge on any atom is 0.307 e. The molecule has 0 amide bonds. The maximum atomic E-state index is 13.4. The van der Waals surface area contributed by atoms with Crippen LogP contribution in [0.25, 0.3) is 0 Å². The summed E-state index contributed by atoms with van der Waals surface area (Å²) in [5.41, 5.74) is -0.152. The lowest BCUT2D eigenvalue weighted by molar-refractivity contribution is -0.136. The van der Waals surface area contributed by atoms with Crippen molar-refractivity contribution in [2.45, 2.75) is 6.42 Å². The molecule has 0 saturated heterocycles. The van der Waals surface area contributed by atoms with E-state index in [2.05, 4.69) is 15.9 Å². The van der Waals surface area contributed by atoms with Gasteiger partial charge in [-0.3, -0.25) is 4.79 Å². The third-order valence-corrected chi connectivity index (χ3v) is 2.29. The van der Waals surface area contributed by atoms with E-state index >= 15 is 0 Å². The Labute approximate surface area is 87.9 Å². The number of benzene rings is 1. The number of hydrogen-bond acceptors (Lipinski definition) is 2. The van der Waals surface area contributed by atoms with Gasteiger partial charge in [-0.25, -0.2) is 4.39 Å². The van der Waals surface area contributed by atoms with E-state index in [4.69, 9.17) is 10.4 Å². The lowest BCUT2D eigenvalue weighted by Gasteiger charge is -2.02. The highest BCUT2D eigenvalue weighted by atomic mass is 79.9. The van der Waals surface area contributed by atoms with Gasteiger partial charge in [-0.2, -0.15) is 5.26 Å². The smallest absolute Gasteiger partial charge is 0.307 e. The van der Waals surface area contributed by atoms with Crippen molar-refractivity contribution in [3.05, 3.63) is 33.5 Å². The lowest BCUT2D eigenvalue weighted by Crippen LogP contribution is -2.04. The highest BCUT2D eigenvalue weighted by Crippen LogP contribution is 2.22. The summed E-state index contributed by atoms with van der Waals surface area (Å²) in [7, 11) is 0. The van der Waals surface area contributed by atoms with Crippen molar-refractivity contribution in [3.8, 4) is 6.07 Å². The van der Waals surface area contributed by atoms with E-state index in [-0.39, 0.29) is 11.1 Å². The van der Waals surface area contributed by atoms with Crippen LogP contribution in [0.2, 0.25) is 0 Å². The van der Waals surface area contributed by atoms with Crippen LogP contribution in [-0.4, -0.2) is 11.1 Å². The van der Waals surface area contributed by atoms with Crippen molar-refractivity contribution in [1.82, 2.24) is 0 Å². The van der Waals surface area contributed by atoms with Gasteiger partial charge in [0.15, 0.2) is 0 Å². The molecule has 0 bridgehead atoms. The molecule has 1 rings (SSSR count).